The zero-order chi connectivity index (χ0) is 14.7. The maximum Gasteiger partial charge on any atom is 0.169 e. The molecule has 0 radical (unpaired) electrons. The molecule has 0 aliphatic rings. The van der Waals surface area contributed by atoms with Gasteiger partial charge in [-0.25, -0.2) is 4.39 Å². The topological polar surface area (TPSA) is 53.7 Å². The number of anilines is 1. The van der Waals surface area contributed by atoms with Crippen molar-refractivity contribution < 1.29 is 18.6 Å². The Hall–Kier alpha value is -2.43. The van der Waals surface area contributed by atoms with E-state index in [9.17, 15) is 4.39 Å². The van der Waals surface area contributed by atoms with Gasteiger partial charge in [0, 0.05) is 12.1 Å². The Morgan fingerprint density at radius 1 is 0.900 bits per heavy atom. The van der Waals surface area contributed by atoms with Gasteiger partial charge in [0.05, 0.1) is 19.9 Å². The first kappa shape index (κ1) is 14.0. The van der Waals surface area contributed by atoms with Gasteiger partial charge >= 0.3 is 0 Å². The molecule has 0 aliphatic carbocycles. The van der Waals surface area contributed by atoms with Gasteiger partial charge in [0.15, 0.2) is 28.8 Å². The predicted octanol–water partition coefficient (Wildman–Crippen LogP) is 3.53. The first-order valence-corrected chi connectivity index (χ1v) is 6.00. The maximum absolute atomic E-state index is 13.5. The van der Waals surface area contributed by atoms with Crippen LogP contribution in [0.15, 0.2) is 30.3 Å². The van der Waals surface area contributed by atoms with Crippen molar-refractivity contribution in [1.82, 2.24) is 0 Å². The molecule has 0 saturated carbocycles. The Morgan fingerprint density at radius 3 is 2.25 bits per heavy atom. The first-order chi connectivity index (χ1) is 9.55. The number of rotatable bonds is 4. The van der Waals surface area contributed by atoms with Crippen molar-refractivity contribution in [1.29, 1.82) is 0 Å². The summed E-state index contributed by atoms with van der Waals surface area (Å²) in [5, 5.41) is 0. The lowest BCUT2D eigenvalue weighted by atomic mass is 10.2. The third-order valence-electron chi connectivity index (χ3n) is 2.82. The van der Waals surface area contributed by atoms with Crippen LogP contribution in [0.25, 0.3) is 0 Å². The molecule has 0 amide bonds. The van der Waals surface area contributed by atoms with Crippen molar-refractivity contribution in [2.45, 2.75) is 6.92 Å². The molecule has 0 unspecified atom stereocenters. The molecule has 2 aromatic rings. The van der Waals surface area contributed by atoms with E-state index in [1.54, 1.807) is 13.2 Å². The van der Waals surface area contributed by atoms with E-state index < -0.39 is 5.82 Å². The molecule has 0 aliphatic heterocycles. The van der Waals surface area contributed by atoms with E-state index in [0.717, 1.165) is 11.6 Å². The molecule has 5 heteroatoms. The fraction of sp³-hybridized carbons (Fsp3) is 0.200. The highest BCUT2D eigenvalue weighted by Crippen LogP contribution is 2.37. The molecular weight excluding hydrogens is 261 g/mol. The molecule has 0 spiro atoms. The number of nitrogen functional groups attached to an aromatic ring is 1. The van der Waals surface area contributed by atoms with Gasteiger partial charge in [-0.1, -0.05) is 6.07 Å². The second kappa shape index (κ2) is 5.69. The molecular formula is C15H16FNO3. The van der Waals surface area contributed by atoms with Crippen LogP contribution in [0.3, 0.4) is 0 Å². The van der Waals surface area contributed by atoms with Gasteiger partial charge in [-0.2, -0.15) is 0 Å². The number of ether oxygens (including phenoxy) is 3. The van der Waals surface area contributed by atoms with Gasteiger partial charge in [0.1, 0.15) is 0 Å². The quantitative estimate of drug-likeness (QED) is 0.869. The number of hydrogen-bond acceptors (Lipinski definition) is 4. The Morgan fingerprint density at radius 2 is 1.60 bits per heavy atom. The summed E-state index contributed by atoms with van der Waals surface area (Å²) in [6.07, 6.45) is 0. The molecule has 0 saturated heterocycles. The standard InChI is InChI=1S/C15H16FNO3/c1-9-4-5-12(15(6-9)19-3)20-14-8-13(18-2)10(16)7-11(14)17/h4-8H,17H2,1-3H3. The molecule has 4 nitrogen and oxygen atoms in total. The van der Waals surface area contributed by atoms with Crippen molar-refractivity contribution in [2.75, 3.05) is 20.0 Å². The Kier molecular flexibility index (Phi) is 3.98. The fourth-order valence-electron chi connectivity index (χ4n) is 1.77. The summed E-state index contributed by atoms with van der Waals surface area (Å²) in [6, 6.07) is 8.06. The average molecular weight is 277 g/mol. The number of hydrogen-bond donors (Lipinski definition) is 1. The van der Waals surface area contributed by atoms with Gasteiger partial charge in [0.25, 0.3) is 0 Å². The van der Waals surface area contributed by atoms with Crippen molar-refractivity contribution in [3.05, 3.63) is 41.7 Å². The molecule has 0 bridgehead atoms. The van der Waals surface area contributed by atoms with Crippen molar-refractivity contribution in [2.24, 2.45) is 0 Å². The number of methoxy groups -OCH3 is 2. The van der Waals surface area contributed by atoms with Gasteiger partial charge in [0.2, 0.25) is 0 Å². The lowest BCUT2D eigenvalue weighted by Crippen LogP contribution is -1.97. The van der Waals surface area contributed by atoms with E-state index in [4.69, 9.17) is 19.9 Å². The van der Waals surface area contributed by atoms with E-state index in [1.165, 1.54) is 13.2 Å². The minimum Gasteiger partial charge on any atom is -0.494 e. The largest absolute Gasteiger partial charge is 0.494 e. The van der Waals surface area contributed by atoms with Crippen molar-refractivity contribution in [3.8, 4) is 23.0 Å². The number of halogens is 1. The molecule has 2 aromatic carbocycles. The lowest BCUT2D eigenvalue weighted by Gasteiger charge is -2.13. The Bertz CT molecular complexity index is 629. The summed E-state index contributed by atoms with van der Waals surface area (Å²) < 4.78 is 29.3. The van der Waals surface area contributed by atoms with Crippen molar-refractivity contribution >= 4 is 5.69 Å². The maximum atomic E-state index is 13.5. The van der Waals surface area contributed by atoms with Crippen LogP contribution < -0.4 is 19.9 Å². The molecule has 20 heavy (non-hydrogen) atoms. The minimum absolute atomic E-state index is 0.0697. The fourth-order valence-corrected chi connectivity index (χ4v) is 1.77. The van der Waals surface area contributed by atoms with E-state index in [1.807, 2.05) is 19.1 Å². The molecule has 106 valence electrons. The van der Waals surface area contributed by atoms with E-state index in [-0.39, 0.29) is 11.4 Å². The van der Waals surface area contributed by atoms with Gasteiger partial charge < -0.3 is 19.9 Å². The summed E-state index contributed by atoms with van der Waals surface area (Å²) in [6.45, 7) is 1.95. The predicted molar refractivity (Wildman–Crippen MR) is 75.2 cm³/mol. The Labute approximate surface area is 116 Å². The number of aryl methyl sites for hydroxylation is 1. The minimum atomic E-state index is -0.534. The summed E-state index contributed by atoms with van der Waals surface area (Å²) in [5.74, 6) is 0.921. The summed E-state index contributed by atoms with van der Waals surface area (Å²) in [5.41, 5.74) is 6.98. The van der Waals surface area contributed by atoms with Crippen LogP contribution in [0.4, 0.5) is 10.1 Å². The highest BCUT2D eigenvalue weighted by Gasteiger charge is 2.12. The molecule has 0 aromatic heterocycles. The van der Waals surface area contributed by atoms with Crippen molar-refractivity contribution in [3.63, 3.8) is 0 Å². The summed E-state index contributed by atoms with van der Waals surface area (Å²) in [7, 11) is 2.93. The smallest absolute Gasteiger partial charge is 0.169 e. The van der Waals surface area contributed by atoms with Crippen LogP contribution in [0, 0.1) is 12.7 Å². The number of nitrogens with two attached hydrogens (primary N) is 1. The molecule has 0 fully saturated rings. The highest BCUT2D eigenvalue weighted by molar-refractivity contribution is 5.58. The summed E-state index contributed by atoms with van der Waals surface area (Å²) in [4.78, 5) is 0. The van der Waals surface area contributed by atoms with Crippen LogP contribution >= 0.6 is 0 Å². The van der Waals surface area contributed by atoms with Crippen LogP contribution in [-0.2, 0) is 0 Å². The molecule has 2 rings (SSSR count). The first-order valence-electron chi connectivity index (χ1n) is 6.00. The molecule has 0 atom stereocenters. The normalized spacial score (nSPS) is 10.2. The van der Waals surface area contributed by atoms with Gasteiger partial charge in [-0.15, -0.1) is 0 Å². The molecule has 2 N–H and O–H groups in total. The zero-order valence-electron chi connectivity index (χ0n) is 11.6. The van der Waals surface area contributed by atoms with Gasteiger partial charge in [-0.05, 0) is 24.6 Å². The third kappa shape index (κ3) is 2.77. The second-order valence-corrected chi connectivity index (χ2v) is 4.28. The zero-order valence-corrected chi connectivity index (χ0v) is 11.6. The van der Waals surface area contributed by atoms with E-state index in [0.29, 0.717) is 17.2 Å². The Balaban J connectivity index is 2.39. The van der Waals surface area contributed by atoms with Gasteiger partial charge in [-0.3, -0.25) is 0 Å². The monoisotopic (exact) mass is 277 g/mol. The summed E-state index contributed by atoms with van der Waals surface area (Å²) >= 11 is 0. The third-order valence-corrected chi connectivity index (χ3v) is 2.82. The SMILES string of the molecule is COc1cc(Oc2ccc(C)cc2OC)c(N)cc1F. The van der Waals surface area contributed by atoms with Crippen LogP contribution in [-0.4, -0.2) is 14.2 Å². The van der Waals surface area contributed by atoms with E-state index >= 15 is 0 Å². The van der Waals surface area contributed by atoms with Crippen LogP contribution in [0.1, 0.15) is 5.56 Å². The second-order valence-electron chi connectivity index (χ2n) is 4.28. The van der Waals surface area contributed by atoms with E-state index in [2.05, 4.69) is 0 Å². The van der Waals surface area contributed by atoms with Crippen LogP contribution in [0.2, 0.25) is 0 Å². The molecule has 0 heterocycles. The van der Waals surface area contributed by atoms with Crippen LogP contribution in [0.5, 0.6) is 23.0 Å². The highest BCUT2D eigenvalue weighted by atomic mass is 19.1. The lowest BCUT2D eigenvalue weighted by molar-refractivity contribution is 0.370. The average Bonchev–Trinajstić information content (AvgIpc) is 2.43. The number of benzene rings is 2.